The van der Waals surface area contributed by atoms with Crippen LogP contribution in [0.1, 0.15) is 322 Å². The molecule has 2 atom stereocenters. The second kappa shape index (κ2) is 83.5. The third-order valence-corrected chi connectivity index (χ3v) is 17.5. The molecule has 0 fully saturated rings. The number of carbonyl (C=O) groups is 3. The number of quaternary nitrogens is 1. The van der Waals surface area contributed by atoms with E-state index in [0.29, 0.717) is 17.4 Å². The number of likely N-dealkylation sites (N-methyl/N-ethyl adjacent to an activating group) is 1. The minimum Gasteiger partial charge on any atom is -0.545 e. The standard InChI is InChI=1S/C96H155NO8/c1-6-8-10-12-14-16-18-20-22-24-26-28-30-32-34-36-38-40-42-44-46-47-49-50-52-54-56-58-60-62-64-66-68-70-72-74-76-78-80-82-84-86-93(98)103-90-92(91-104-96(95(100)101)102-89-88-97(3,4)5)105-94(99)87-85-83-81-79-77-75-73-71-69-67-65-63-61-59-57-55-53-51-48-45-43-41-39-37-35-33-31-29-27-25-23-21-19-17-15-13-11-9-7-2/h8-11,14-17,20-23,26-29,32-35,38-41,44-46,48-50,53,55,59,61,92,96H,6-7,12-13,18-19,24-25,30-31,36-37,42-43,47,51-52,54,56-58,60,62-91H2,1-5H3/b10-8-,11-9-,16-14-,17-15-,22-20-,23-21-,28-26-,29-27-,34-32-,35-33-,40-38-,41-39-,46-44-,48-45-,50-49-,55-53-,61-59-. The number of esters is 2. The number of rotatable bonds is 76. The highest BCUT2D eigenvalue weighted by Crippen LogP contribution is 2.18. The van der Waals surface area contributed by atoms with Gasteiger partial charge in [0.05, 0.1) is 40.3 Å². The van der Waals surface area contributed by atoms with Gasteiger partial charge in [-0.15, -0.1) is 0 Å². The topological polar surface area (TPSA) is 111 Å². The number of hydrogen-bond acceptors (Lipinski definition) is 8. The van der Waals surface area contributed by atoms with Gasteiger partial charge in [0, 0.05) is 12.8 Å². The Balaban J connectivity index is 4.07. The average Bonchev–Trinajstić information content (AvgIpc) is 1.97. The minimum atomic E-state index is -1.63. The highest BCUT2D eigenvalue weighted by molar-refractivity contribution is 5.70. The van der Waals surface area contributed by atoms with E-state index < -0.39 is 24.3 Å². The first kappa shape index (κ1) is 98.9. The molecule has 0 aromatic carbocycles. The summed E-state index contributed by atoms with van der Waals surface area (Å²) >= 11 is 0. The lowest BCUT2D eigenvalue weighted by Crippen LogP contribution is -2.44. The van der Waals surface area contributed by atoms with Gasteiger partial charge in [0.2, 0.25) is 0 Å². The zero-order valence-corrected chi connectivity index (χ0v) is 67.8. The molecule has 0 aromatic heterocycles. The van der Waals surface area contributed by atoms with Crippen molar-refractivity contribution in [1.82, 2.24) is 0 Å². The number of ether oxygens (including phenoxy) is 4. The molecule has 0 rings (SSSR count). The number of aliphatic carboxylic acids is 1. The first-order chi connectivity index (χ1) is 51.6. The highest BCUT2D eigenvalue weighted by Gasteiger charge is 2.22. The van der Waals surface area contributed by atoms with Gasteiger partial charge in [-0.2, -0.15) is 0 Å². The molecule has 0 radical (unpaired) electrons. The van der Waals surface area contributed by atoms with E-state index in [1.165, 1.54) is 135 Å². The zero-order valence-electron chi connectivity index (χ0n) is 67.8. The van der Waals surface area contributed by atoms with Crippen molar-refractivity contribution in [2.24, 2.45) is 0 Å². The van der Waals surface area contributed by atoms with E-state index >= 15 is 0 Å². The molecule has 0 aromatic rings. The molecule has 0 heterocycles. The van der Waals surface area contributed by atoms with Crippen molar-refractivity contribution in [1.29, 1.82) is 0 Å². The van der Waals surface area contributed by atoms with Crippen LogP contribution < -0.4 is 5.11 Å². The molecule has 9 heteroatoms. The van der Waals surface area contributed by atoms with Crippen LogP contribution in [0.25, 0.3) is 0 Å². The van der Waals surface area contributed by atoms with E-state index in [2.05, 4.69) is 220 Å². The third-order valence-electron chi connectivity index (χ3n) is 17.5. The third kappa shape index (κ3) is 85.0. The van der Waals surface area contributed by atoms with Crippen LogP contribution in [0.2, 0.25) is 0 Å². The first-order valence-corrected chi connectivity index (χ1v) is 42.2. The molecule has 0 saturated heterocycles. The molecule has 0 aliphatic heterocycles. The molecule has 0 saturated carbocycles. The van der Waals surface area contributed by atoms with Crippen LogP contribution in [0, 0.1) is 0 Å². The van der Waals surface area contributed by atoms with Crippen LogP contribution in [0.5, 0.6) is 0 Å². The zero-order chi connectivity index (χ0) is 76.0. The van der Waals surface area contributed by atoms with Crippen molar-refractivity contribution < 1.29 is 42.9 Å². The van der Waals surface area contributed by atoms with E-state index in [0.717, 1.165) is 154 Å². The number of unbranched alkanes of at least 4 members (excludes halogenated alkanes) is 27. The van der Waals surface area contributed by atoms with Crippen LogP contribution in [0.3, 0.4) is 0 Å². The molecule has 0 bridgehead atoms. The largest absolute Gasteiger partial charge is 0.545 e. The number of carbonyl (C=O) groups excluding carboxylic acids is 3. The van der Waals surface area contributed by atoms with Crippen LogP contribution in [-0.4, -0.2) is 82.3 Å². The SMILES string of the molecule is CC/C=C\C/C=C\C/C=C\C/C=C\C/C=C\C/C=C\C/C=C\C/C=C\C/C=C\CCCCCCCCCCCCCC(=O)OC(COC(=O)CCCCCCCCCCCCCCCCCC/C=C\C/C=C\C/C=C\C/C=C\C/C=C\C/C=C\C/C=C\C/C=C\CC)COC(OCC[N+](C)(C)C)C(=O)[O-]. The van der Waals surface area contributed by atoms with Gasteiger partial charge in [0.15, 0.2) is 12.4 Å². The molecule has 2 unspecified atom stereocenters. The minimum absolute atomic E-state index is 0.139. The molecule has 592 valence electrons. The Bertz CT molecular complexity index is 2500. The fraction of sp³-hybridized carbons (Fsp3) is 0.615. The molecule has 0 amide bonds. The number of hydrogen-bond donors (Lipinski definition) is 0. The summed E-state index contributed by atoms with van der Waals surface area (Å²) in [7, 11) is 5.93. The Kier molecular flexibility index (Phi) is 78.6. The first-order valence-electron chi connectivity index (χ1n) is 42.2. The molecule has 9 nitrogen and oxygen atoms in total. The molecular weight excluding hydrogens is 1300 g/mol. The van der Waals surface area contributed by atoms with Gasteiger partial charge < -0.3 is 33.3 Å². The van der Waals surface area contributed by atoms with Gasteiger partial charge in [-0.1, -0.05) is 368 Å². The van der Waals surface area contributed by atoms with Gasteiger partial charge in [-0.05, 0) is 148 Å². The number of allylic oxidation sites excluding steroid dienone is 34. The van der Waals surface area contributed by atoms with Crippen LogP contribution in [0.15, 0.2) is 207 Å². The van der Waals surface area contributed by atoms with Crippen molar-refractivity contribution in [3.05, 3.63) is 207 Å². The van der Waals surface area contributed by atoms with Gasteiger partial charge in [0.1, 0.15) is 13.2 Å². The monoisotopic (exact) mass is 1450 g/mol. The summed E-state index contributed by atoms with van der Waals surface area (Å²) in [5.74, 6) is -2.29. The summed E-state index contributed by atoms with van der Waals surface area (Å²) in [4.78, 5) is 37.7. The summed E-state index contributed by atoms with van der Waals surface area (Å²) in [6, 6.07) is 0. The van der Waals surface area contributed by atoms with Crippen molar-refractivity contribution in [3.63, 3.8) is 0 Å². The Morgan fingerprint density at radius 2 is 0.514 bits per heavy atom. The molecule has 0 aliphatic rings. The summed E-state index contributed by atoms with van der Waals surface area (Å²) < 4.78 is 22.9. The lowest BCUT2D eigenvalue weighted by atomic mass is 10.0. The fourth-order valence-corrected chi connectivity index (χ4v) is 11.2. The maximum atomic E-state index is 13.0. The van der Waals surface area contributed by atoms with Gasteiger partial charge in [-0.3, -0.25) is 9.59 Å². The highest BCUT2D eigenvalue weighted by atomic mass is 16.7. The average molecular weight is 1450 g/mol. The van der Waals surface area contributed by atoms with Gasteiger partial charge in [-0.25, -0.2) is 0 Å². The van der Waals surface area contributed by atoms with Crippen molar-refractivity contribution in [2.45, 2.75) is 334 Å². The lowest BCUT2D eigenvalue weighted by Gasteiger charge is -2.26. The smallest absolute Gasteiger partial charge is 0.306 e. The van der Waals surface area contributed by atoms with E-state index in [1.54, 1.807) is 0 Å². The van der Waals surface area contributed by atoms with E-state index in [1.807, 2.05) is 21.1 Å². The Morgan fingerprint density at radius 1 is 0.286 bits per heavy atom. The predicted octanol–water partition coefficient (Wildman–Crippen LogP) is 26.5. The summed E-state index contributed by atoms with van der Waals surface area (Å²) in [5, 5.41) is 11.9. The van der Waals surface area contributed by atoms with Crippen LogP contribution >= 0.6 is 0 Å². The Morgan fingerprint density at radius 3 is 0.762 bits per heavy atom. The predicted molar refractivity (Wildman–Crippen MR) is 453 cm³/mol. The second-order valence-corrected chi connectivity index (χ2v) is 28.7. The lowest BCUT2D eigenvalue weighted by molar-refractivity contribution is -0.870. The summed E-state index contributed by atoms with van der Waals surface area (Å²) in [5.41, 5.74) is 0. The van der Waals surface area contributed by atoms with Crippen LogP contribution in [0.4, 0.5) is 0 Å². The quantitative estimate of drug-likeness (QED) is 0.0195. The Labute approximate surface area is 645 Å². The maximum absolute atomic E-state index is 13.0. The van der Waals surface area contributed by atoms with Crippen molar-refractivity contribution >= 4 is 17.9 Å². The van der Waals surface area contributed by atoms with E-state index in [4.69, 9.17) is 18.9 Å². The molecule has 0 N–H and O–H groups in total. The second-order valence-electron chi connectivity index (χ2n) is 28.7. The normalized spacial score (nSPS) is 13.7. The maximum Gasteiger partial charge on any atom is 0.306 e. The van der Waals surface area contributed by atoms with Gasteiger partial charge >= 0.3 is 11.9 Å². The van der Waals surface area contributed by atoms with Crippen molar-refractivity contribution in [2.75, 3.05) is 47.5 Å². The molecule has 105 heavy (non-hydrogen) atoms. The summed E-state index contributed by atoms with van der Waals surface area (Å²) in [6.45, 7) is 4.52. The summed E-state index contributed by atoms with van der Waals surface area (Å²) in [6.07, 6.45) is 127. The van der Waals surface area contributed by atoms with Crippen molar-refractivity contribution in [3.8, 4) is 0 Å². The van der Waals surface area contributed by atoms with Gasteiger partial charge in [0.25, 0.3) is 0 Å². The Hall–Kier alpha value is -6.13. The molecule has 0 spiro atoms. The van der Waals surface area contributed by atoms with E-state index in [9.17, 15) is 19.5 Å². The molecular formula is C96H155NO8. The number of nitrogens with zero attached hydrogens (tertiary/aromatic N) is 1. The van der Waals surface area contributed by atoms with Crippen LogP contribution in [-0.2, 0) is 33.3 Å². The van der Waals surface area contributed by atoms with E-state index in [-0.39, 0.29) is 38.6 Å². The number of carboxylic acid groups (broad SMARTS) is 1. The molecule has 0 aliphatic carbocycles. The number of carboxylic acids is 1. The fourth-order valence-electron chi connectivity index (χ4n) is 11.2.